The van der Waals surface area contributed by atoms with Crippen molar-refractivity contribution in [1.82, 2.24) is 5.32 Å². The first-order chi connectivity index (χ1) is 14.5. The molecule has 3 rings (SSSR count). The van der Waals surface area contributed by atoms with Crippen LogP contribution in [0.2, 0.25) is 0 Å². The molecule has 156 valence electrons. The molecule has 6 nitrogen and oxygen atoms in total. The molecular weight excluding hydrogens is 387 g/mol. The maximum absolute atomic E-state index is 13.6. The third-order valence-electron chi connectivity index (χ3n) is 4.80. The second kappa shape index (κ2) is 9.82. The Morgan fingerprint density at radius 1 is 1.13 bits per heavy atom. The Morgan fingerprint density at radius 2 is 1.97 bits per heavy atom. The smallest absolute Gasteiger partial charge is 0.305 e. The quantitative estimate of drug-likeness (QED) is 0.394. The number of esters is 1. The first kappa shape index (κ1) is 21.2. The van der Waals surface area contributed by atoms with Crippen LogP contribution in [0, 0.1) is 5.82 Å². The summed E-state index contributed by atoms with van der Waals surface area (Å²) in [4.78, 5) is 35.7. The molecule has 1 aliphatic heterocycles. The van der Waals surface area contributed by atoms with E-state index in [0.29, 0.717) is 40.9 Å². The highest BCUT2D eigenvalue weighted by Crippen LogP contribution is 2.33. The van der Waals surface area contributed by atoms with Crippen LogP contribution >= 0.6 is 0 Å². The fraction of sp³-hybridized carbons (Fsp3) is 0.261. The summed E-state index contributed by atoms with van der Waals surface area (Å²) in [5, 5.41) is 5.55. The minimum atomic E-state index is -0.420. The standard InChI is InChI=1S/C23H23FN2O4/c1-30-21(27)8-3-2-4-11-25-22(28)16-7-5-6-15(12-16)13-19-18-14-17(24)9-10-20(18)26-23(19)29/h5-7,9-10,12-14H,2-4,8,11H2,1H3,(H,25,28)(H,26,29). The fourth-order valence-corrected chi connectivity index (χ4v) is 3.22. The third kappa shape index (κ3) is 5.31. The van der Waals surface area contributed by atoms with Gasteiger partial charge in [-0.15, -0.1) is 0 Å². The van der Waals surface area contributed by atoms with Gasteiger partial charge >= 0.3 is 5.97 Å². The predicted octanol–water partition coefficient (Wildman–Crippen LogP) is 3.78. The van der Waals surface area contributed by atoms with Crippen LogP contribution < -0.4 is 10.6 Å². The van der Waals surface area contributed by atoms with Crippen LogP contribution in [-0.4, -0.2) is 31.4 Å². The molecule has 0 saturated heterocycles. The van der Waals surface area contributed by atoms with Crippen molar-refractivity contribution in [3.05, 3.63) is 65.0 Å². The lowest BCUT2D eigenvalue weighted by Gasteiger charge is -2.06. The maximum atomic E-state index is 13.6. The van der Waals surface area contributed by atoms with Crippen molar-refractivity contribution in [2.75, 3.05) is 19.0 Å². The Balaban J connectivity index is 1.61. The number of benzene rings is 2. The number of fused-ring (bicyclic) bond motifs is 1. The molecule has 1 aliphatic rings. The summed E-state index contributed by atoms with van der Waals surface area (Å²) in [6.07, 6.45) is 4.31. The normalized spacial score (nSPS) is 13.7. The van der Waals surface area contributed by atoms with Crippen molar-refractivity contribution in [2.45, 2.75) is 25.7 Å². The molecule has 0 spiro atoms. The van der Waals surface area contributed by atoms with Gasteiger partial charge in [0.1, 0.15) is 5.82 Å². The molecule has 2 aromatic rings. The molecule has 7 heteroatoms. The van der Waals surface area contributed by atoms with Crippen LogP contribution in [0.15, 0.2) is 42.5 Å². The number of unbranched alkanes of at least 4 members (excludes halogenated alkanes) is 2. The van der Waals surface area contributed by atoms with Gasteiger partial charge in [0.05, 0.1) is 7.11 Å². The molecule has 0 fully saturated rings. The van der Waals surface area contributed by atoms with E-state index >= 15 is 0 Å². The van der Waals surface area contributed by atoms with Gasteiger partial charge in [-0.3, -0.25) is 14.4 Å². The lowest BCUT2D eigenvalue weighted by atomic mass is 10.0. The van der Waals surface area contributed by atoms with E-state index in [-0.39, 0.29) is 17.8 Å². The summed E-state index contributed by atoms with van der Waals surface area (Å²) in [6, 6.07) is 11.0. The van der Waals surface area contributed by atoms with Crippen molar-refractivity contribution in [1.29, 1.82) is 0 Å². The number of carbonyl (C=O) groups is 3. The summed E-state index contributed by atoms with van der Waals surface area (Å²) in [6.45, 7) is 0.500. The zero-order valence-corrected chi connectivity index (χ0v) is 16.7. The Labute approximate surface area is 174 Å². The van der Waals surface area contributed by atoms with Gasteiger partial charge < -0.3 is 15.4 Å². The largest absolute Gasteiger partial charge is 0.469 e. The van der Waals surface area contributed by atoms with Gasteiger partial charge in [-0.1, -0.05) is 18.6 Å². The summed E-state index contributed by atoms with van der Waals surface area (Å²) < 4.78 is 18.2. The number of hydrogen-bond acceptors (Lipinski definition) is 4. The first-order valence-corrected chi connectivity index (χ1v) is 9.76. The van der Waals surface area contributed by atoms with Gasteiger partial charge in [-0.05, 0) is 54.8 Å². The Hall–Kier alpha value is -3.48. The summed E-state index contributed by atoms with van der Waals surface area (Å²) in [5.41, 5.74) is 2.56. The number of halogens is 1. The number of hydrogen-bond donors (Lipinski definition) is 2. The molecule has 0 radical (unpaired) electrons. The van der Waals surface area contributed by atoms with E-state index in [9.17, 15) is 18.8 Å². The topological polar surface area (TPSA) is 84.5 Å². The van der Waals surface area contributed by atoms with E-state index in [1.165, 1.54) is 25.3 Å². The molecule has 1 heterocycles. The van der Waals surface area contributed by atoms with E-state index in [0.717, 1.165) is 19.3 Å². The Bertz CT molecular complexity index is 1000. The summed E-state index contributed by atoms with van der Waals surface area (Å²) in [5.74, 6) is -1.18. The molecule has 0 atom stereocenters. The number of methoxy groups -OCH3 is 1. The molecule has 2 N–H and O–H groups in total. The molecule has 0 bridgehead atoms. The van der Waals surface area contributed by atoms with Crippen LogP contribution in [0.25, 0.3) is 11.6 Å². The van der Waals surface area contributed by atoms with E-state index in [1.54, 1.807) is 30.3 Å². The predicted molar refractivity (Wildman–Crippen MR) is 112 cm³/mol. The molecule has 2 amide bonds. The highest BCUT2D eigenvalue weighted by molar-refractivity contribution is 6.34. The molecule has 0 aliphatic carbocycles. The van der Waals surface area contributed by atoms with Crippen LogP contribution in [0.5, 0.6) is 0 Å². The number of amides is 2. The first-order valence-electron chi connectivity index (χ1n) is 9.76. The van der Waals surface area contributed by atoms with Crippen LogP contribution in [0.4, 0.5) is 10.1 Å². The molecule has 0 unspecified atom stereocenters. The van der Waals surface area contributed by atoms with Gasteiger partial charge in [-0.25, -0.2) is 4.39 Å². The van der Waals surface area contributed by atoms with Crippen molar-refractivity contribution in [3.8, 4) is 0 Å². The molecule has 0 saturated carbocycles. The minimum absolute atomic E-state index is 0.217. The minimum Gasteiger partial charge on any atom is -0.469 e. The molecule has 2 aromatic carbocycles. The van der Waals surface area contributed by atoms with E-state index in [2.05, 4.69) is 15.4 Å². The van der Waals surface area contributed by atoms with E-state index in [4.69, 9.17) is 0 Å². The summed E-state index contributed by atoms with van der Waals surface area (Å²) >= 11 is 0. The number of carbonyl (C=O) groups excluding carboxylic acids is 3. The Morgan fingerprint density at radius 3 is 2.77 bits per heavy atom. The van der Waals surface area contributed by atoms with Gasteiger partial charge in [-0.2, -0.15) is 0 Å². The van der Waals surface area contributed by atoms with E-state index in [1.807, 2.05) is 0 Å². The average Bonchev–Trinajstić information content (AvgIpc) is 3.05. The van der Waals surface area contributed by atoms with Crippen LogP contribution in [0.1, 0.15) is 47.2 Å². The van der Waals surface area contributed by atoms with Crippen LogP contribution in [0.3, 0.4) is 0 Å². The number of ether oxygens (including phenoxy) is 1. The highest BCUT2D eigenvalue weighted by atomic mass is 19.1. The van der Waals surface area contributed by atoms with Crippen molar-refractivity contribution in [2.24, 2.45) is 0 Å². The van der Waals surface area contributed by atoms with Crippen molar-refractivity contribution in [3.63, 3.8) is 0 Å². The Kier molecular flexibility index (Phi) is 6.95. The zero-order chi connectivity index (χ0) is 21.5. The SMILES string of the molecule is COC(=O)CCCCCNC(=O)c1cccc(C=C2C(=O)Nc3ccc(F)cc32)c1. The maximum Gasteiger partial charge on any atom is 0.305 e. The number of anilines is 1. The monoisotopic (exact) mass is 410 g/mol. The van der Waals surface area contributed by atoms with Crippen molar-refractivity contribution >= 4 is 35.1 Å². The van der Waals surface area contributed by atoms with Gasteiger partial charge in [0.15, 0.2) is 0 Å². The fourth-order valence-electron chi connectivity index (χ4n) is 3.22. The molecule has 30 heavy (non-hydrogen) atoms. The van der Waals surface area contributed by atoms with Crippen molar-refractivity contribution < 1.29 is 23.5 Å². The lowest BCUT2D eigenvalue weighted by Crippen LogP contribution is -2.24. The van der Waals surface area contributed by atoms with E-state index < -0.39 is 5.82 Å². The number of nitrogens with one attached hydrogen (secondary N) is 2. The van der Waals surface area contributed by atoms with Gasteiger partial charge in [0.2, 0.25) is 0 Å². The highest BCUT2D eigenvalue weighted by Gasteiger charge is 2.24. The lowest BCUT2D eigenvalue weighted by molar-refractivity contribution is -0.140. The van der Waals surface area contributed by atoms with Gasteiger partial charge in [0, 0.05) is 35.4 Å². The molecule has 0 aromatic heterocycles. The number of rotatable bonds is 8. The third-order valence-corrected chi connectivity index (χ3v) is 4.80. The summed E-state index contributed by atoms with van der Waals surface area (Å²) in [7, 11) is 1.36. The molecular formula is C23H23FN2O4. The zero-order valence-electron chi connectivity index (χ0n) is 16.7. The second-order valence-corrected chi connectivity index (χ2v) is 6.97. The average molecular weight is 410 g/mol. The van der Waals surface area contributed by atoms with Gasteiger partial charge in [0.25, 0.3) is 11.8 Å². The second-order valence-electron chi connectivity index (χ2n) is 6.97. The van der Waals surface area contributed by atoms with Crippen LogP contribution in [-0.2, 0) is 14.3 Å².